The van der Waals surface area contributed by atoms with Gasteiger partial charge in [0.15, 0.2) is 5.82 Å². The Kier molecular flexibility index (Phi) is 3.88. The van der Waals surface area contributed by atoms with Crippen LogP contribution >= 0.6 is 0 Å². The number of nitrogens with two attached hydrogens (primary N) is 1. The second kappa shape index (κ2) is 6.22. The predicted molar refractivity (Wildman–Crippen MR) is 100 cm³/mol. The highest BCUT2D eigenvalue weighted by Gasteiger charge is 2.20. The van der Waals surface area contributed by atoms with Gasteiger partial charge in [-0.15, -0.1) is 5.10 Å². The maximum absolute atomic E-state index is 13.3. The Bertz CT molecular complexity index is 1070. The summed E-state index contributed by atoms with van der Waals surface area (Å²) in [6.07, 6.45) is 0. The van der Waals surface area contributed by atoms with Crippen molar-refractivity contribution in [2.24, 2.45) is 0 Å². The van der Waals surface area contributed by atoms with Crippen molar-refractivity contribution in [1.82, 2.24) is 19.6 Å². The number of aromatic nitrogens is 4. The second-order valence-corrected chi connectivity index (χ2v) is 6.43. The lowest BCUT2D eigenvalue weighted by Crippen LogP contribution is -2.08. The minimum absolute atomic E-state index is 0.124. The van der Waals surface area contributed by atoms with E-state index in [2.05, 4.69) is 10.1 Å². The van der Waals surface area contributed by atoms with Gasteiger partial charge in [-0.2, -0.15) is 9.50 Å². The molecule has 0 aliphatic carbocycles. The first-order valence-corrected chi connectivity index (χ1v) is 8.42. The zero-order valence-corrected chi connectivity index (χ0v) is 14.5. The van der Waals surface area contributed by atoms with Crippen molar-refractivity contribution in [3.63, 3.8) is 0 Å². The van der Waals surface area contributed by atoms with Crippen LogP contribution in [0.3, 0.4) is 0 Å². The van der Waals surface area contributed by atoms with Gasteiger partial charge in [0, 0.05) is 11.1 Å². The normalized spacial score (nSPS) is 11.4. The molecule has 0 saturated carbocycles. The van der Waals surface area contributed by atoms with E-state index in [1.54, 1.807) is 16.6 Å². The molecule has 0 fully saturated rings. The number of benzene rings is 2. The number of halogens is 1. The average Bonchev–Trinajstić information content (AvgIpc) is 3.08. The number of nitrogens with zero attached hydrogens (tertiary/aromatic N) is 4. The van der Waals surface area contributed by atoms with Gasteiger partial charge >= 0.3 is 0 Å². The van der Waals surface area contributed by atoms with Crippen LogP contribution in [0.5, 0.6) is 0 Å². The Morgan fingerprint density at radius 2 is 1.62 bits per heavy atom. The molecule has 2 aromatic heterocycles. The molecule has 4 rings (SSSR count). The minimum atomic E-state index is -0.292. The highest BCUT2D eigenvalue weighted by molar-refractivity contribution is 5.78. The van der Waals surface area contributed by atoms with Gasteiger partial charge in [-0.05, 0) is 23.6 Å². The molecule has 130 valence electrons. The van der Waals surface area contributed by atoms with Crippen molar-refractivity contribution >= 4 is 11.6 Å². The van der Waals surface area contributed by atoms with Crippen LogP contribution in [0.1, 0.15) is 25.5 Å². The predicted octanol–water partition coefficient (Wildman–Crippen LogP) is 4.30. The molecule has 0 atom stereocenters. The number of hydrogen-bond donors (Lipinski definition) is 1. The van der Waals surface area contributed by atoms with Crippen LogP contribution in [0.4, 0.5) is 10.2 Å². The molecule has 0 saturated heterocycles. The summed E-state index contributed by atoms with van der Waals surface area (Å²) in [4.78, 5) is 9.23. The van der Waals surface area contributed by atoms with Crippen molar-refractivity contribution in [2.75, 3.05) is 5.73 Å². The number of rotatable bonds is 3. The molecule has 6 heteroatoms. The lowest BCUT2D eigenvalue weighted by atomic mass is 9.98. The van der Waals surface area contributed by atoms with Gasteiger partial charge in [0.05, 0.1) is 5.69 Å². The Balaban J connectivity index is 1.97. The molecule has 2 aromatic carbocycles. The highest BCUT2D eigenvalue weighted by atomic mass is 19.1. The first-order chi connectivity index (χ1) is 12.5. The first kappa shape index (κ1) is 16.2. The SMILES string of the molecule is CC(C)c1nc2nc(-c3ccccc3)nn2c(N)c1-c1ccc(F)cc1. The maximum atomic E-state index is 13.3. The number of hydrogen-bond acceptors (Lipinski definition) is 4. The fourth-order valence-corrected chi connectivity index (χ4v) is 2.98. The summed E-state index contributed by atoms with van der Waals surface area (Å²) in [5, 5.41) is 4.53. The Morgan fingerprint density at radius 1 is 0.923 bits per heavy atom. The van der Waals surface area contributed by atoms with Crippen LogP contribution in [0.2, 0.25) is 0 Å². The number of nitrogen functional groups attached to an aromatic ring is 1. The lowest BCUT2D eigenvalue weighted by Gasteiger charge is -2.15. The van der Waals surface area contributed by atoms with Crippen molar-refractivity contribution < 1.29 is 4.39 Å². The molecule has 4 aromatic rings. The molecule has 5 nitrogen and oxygen atoms in total. The highest BCUT2D eigenvalue weighted by Crippen LogP contribution is 2.33. The molecular weight excluding hydrogens is 329 g/mol. The number of anilines is 1. The quantitative estimate of drug-likeness (QED) is 0.600. The molecular formula is C20H18FN5. The second-order valence-electron chi connectivity index (χ2n) is 6.43. The summed E-state index contributed by atoms with van der Waals surface area (Å²) in [6, 6.07) is 15.9. The van der Waals surface area contributed by atoms with Crippen LogP contribution < -0.4 is 5.73 Å². The molecule has 0 unspecified atom stereocenters. The lowest BCUT2D eigenvalue weighted by molar-refractivity contribution is 0.628. The minimum Gasteiger partial charge on any atom is -0.383 e. The van der Waals surface area contributed by atoms with Crippen LogP contribution in [0, 0.1) is 5.82 Å². The fourth-order valence-electron chi connectivity index (χ4n) is 2.98. The van der Waals surface area contributed by atoms with Crippen molar-refractivity contribution in [3.8, 4) is 22.5 Å². The summed E-state index contributed by atoms with van der Waals surface area (Å²) in [6.45, 7) is 4.08. The first-order valence-electron chi connectivity index (χ1n) is 8.42. The van der Waals surface area contributed by atoms with Gasteiger partial charge in [-0.25, -0.2) is 9.37 Å². The van der Waals surface area contributed by atoms with E-state index in [-0.39, 0.29) is 11.7 Å². The van der Waals surface area contributed by atoms with E-state index in [0.717, 1.165) is 22.4 Å². The maximum Gasteiger partial charge on any atom is 0.254 e. The van der Waals surface area contributed by atoms with E-state index in [1.807, 2.05) is 44.2 Å². The fraction of sp³-hybridized carbons (Fsp3) is 0.150. The third-order valence-electron chi connectivity index (χ3n) is 4.26. The van der Waals surface area contributed by atoms with Crippen LogP contribution in [-0.2, 0) is 0 Å². The smallest absolute Gasteiger partial charge is 0.254 e. The molecule has 0 aliphatic heterocycles. The average molecular weight is 347 g/mol. The summed E-state index contributed by atoms with van der Waals surface area (Å²) in [5.41, 5.74) is 9.72. The van der Waals surface area contributed by atoms with E-state index < -0.39 is 0 Å². The van der Waals surface area contributed by atoms with E-state index >= 15 is 0 Å². The van der Waals surface area contributed by atoms with E-state index in [0.29, 0.717) is 17.4 Å². The molecule has 0 bridgehead atoms. The number of fused-ring (bicyclic) bond motifs is 1. The van der Waals surface area contributed by atoms with Crippen LogP contribution in [0.15, 0.2) is 54.6 Å². The Morgan fingerprint density at radius 3 is 2.27 bits per heavy atom. The molecule has 0 radical (unpaired) electrons. The summed E-state index contributed by atoms with van der Waals surface area (Å²) in [7, 11) is 0. The molecule has 0 amide bonds. The van der Waals surface area contributed by atoms with Crippen molar-refractivity contribution in [3.05, 3.63) is 66.1 Å². The summed E-state index contributed by atoms with van der Waals surface area (Å²) < 4.78 is 14.9. The zero-order chi connectivity index (χ0) is 18.3. The molecule has 2 heterocycles. The van der Waals surface area contributed by atoms with Crippen molar-refractivity contribution in [2.45, 2.75) is 19.8 Å². The summed E-state index contributed by atoms with van der Waals surface area (Å²) in [5.74, 6) is 1.30. The standard InChI is InChI=1S/C20H18FN5/c1-12(2)17-16(13-8-10-15(21)11-9-13)18(22)26-20(23-17)24-19(25-26)14-6-4-3-5-7-14/h3-12H,22H2,1-2H3. The third kappa shape index (κ3) is 2.69. The Hall–Kier alpha value is -3.28. The molecule has 0 aliphatic rings. The monoisotopic (exact) mass is 347 g/mol. The van der Waals surface area contributed by atoms with Crippen LogP contribution in [-0.4, -0.2) is 19.6 Å². The molecule has 2 N–H and O–H groups in total. The molecule has 26 heavy (non-hydrogen) atoms. The van der Waals surface area contributed by atoms with E-state index in [1.165, 1.54) is 12.1 Å². The van der Waals surface area contributed by atoms with E-state index in [4.69, 9.17) is 10.7 Å². The van der Waals surface area contributed by atoms with Crippen molar-refractivity contribution in [1.29, 1.82) is 0 Å². The zero-order valence-electron chi connectivity index (χ0n) is 14.5. The summed E-state index contributed by atoms with van der Waals surface area (Å²) >= 11 is 0. The van der Waals surface area contributed by atoms with Gasteiger partial charge in [0.1, 0.15) is 11.6 Å². The van der Waals surface area contributed by atoms with E-state index in [9.17, 15) is 4.39 Å². The van der Waals surface area contributed by atoms with Gasteiger partial charge in [-0.3, -0.25) is 0 Å². The van der Waals surface area contributed by atoms with Gasteiger partial charge < -0.3 is 5.73 Å². The van der Waals surface area contributed by atoms with Gasteiger partial charge in [0.25, 0.3) is 5.78 Å². The van der Waals surface area contributed by atoms with Gasteiger partial charge in [0.2, 0.25) is 0 Å². The molecule has 0 spiro atoms. The largest absolute Gasteiger partial charge is 0.383 e. The van der Waals surface area contributed by atoms with Gasteiger partial charge in [-0.1, -0.05) is 56.3 Å². The topological polar surface area (TPSA) is 69.1 Å². The third-order valence-corrected chi connectivity index (χ3v) is 4.26. The van der Waals surface area contributed by atoms with Crippen LogP contribution in [0.25, 0.3) is 28.3 Å². The Labute approximate surface area is 150 Å².